The number of aromatic nitrogens is 2. The van der Waals surface area contributed by atoms with Crippen molar-refractivity contribution < 1.29 is 4.79 Å². The molecule has 150 valence electrons. The Kier molecular flexibility index (Phi) is 5.03. The van der Waals surface area contributed by atoms with E-state index in [9.17, 15) is 4.79 Å². The van der Waals surface area contributed by atoms with Gasteiger partial charge in [-0.2, -0.15) is 0 Å². The van der Waals surface area contributed by atoms with Crippen molar-refractivity contribution in [3.8, 4) is 5.69 Å². The number of fused-ring (bicyclic) bond motifs is 1. The molecule has 1 fully saturated rings. The van der Waals surface area contributed by atoms with Crippen molar-refractivity contribution in [1.29, 1.82) is 0 Å². The number of piperazine rings is 1. The monoisotopic (exact) mass is 396 g/mol. The molecule has 1 amide bonds. The summed E-state index contributed by atoms with van der Waals surface area (Å²) in [5, 5.41) is 5.69. The molecule has 4 aromatic rings. The summed E-state index contributed by atoms with van der Waals surface area (Å²) in [6.45, 7) is 2.29. The van der Waals surface area contributed by atoms with Gasteiger partial charge in [-0.1, -0.05) is 66.7 Å². The van der Waals surface area contributed by atoms with E-state index < -0.39 is 0 Å². The highest BCUT2D eigenvalue weighted by molar-refractivity contribution is 5.96. The van der Waals surface area contributed by atoms with E-state index in [4.69, 9.17) is 0 Å². The van der Waals surface area contributed by atoms with E-state index in [0.29, 0.717) is 12.2 Å². The van der Waals surface area contributed by atoms with Crippen molar-refractivity contribution in [2.45, 2.75) is 12.5 Å². The standard InChI is InChI=1S/C25H24N4O/c30-25(28-14-13-26-16-21(28)15-19-7-2-1-3-8-19)24-17-27-18-29(24)23-12-6-10-20-9-4-5-11-22(20)23/h1-12,17-18,21,26H,13-16H2/t21-/m1/s1. The number of benzene rings is 3. The lowest BCUT2D eigenvalue weighted by Gasteiger charge is -2.36. The van der Waals surface area contributed by atoms with Gasteiger partial charge in [0, 0.05) is 31.1 Å². The van der Waals surface area contributed by atoms with Gasteiger partial charge in [-0.25, -0.2) is 4.98 Å². The topological polar surface area (TPSA) is 50.2 Å². The summed E-state index contributed by atoms with van der Waals surface area (Å²) in [7, 11) is 0. The zero-order valence-corrected chi connectivity index (χ0v) is 16.7. The minimum Gasteiger partial charge on any atom is -0.331 e. The molecule has 1 saturated heterocycles. The van der Waals surface area contributed by atoms with Crippen LogP contribution < -0.4 is 5.32 Å². The second kappa shape index (κ2) is 8.13. The smallest absolute Gasteiger partial charge is 0.272 e. The highest BCUT2D eigenvalue weighted by Gasteiger charge is 2.29. The fourth-order valence-electron chi connectivity index (χ4n) is 4.31. The third kappa shape index (κ3) is 3.48. The number of imidazole rings is 1. The Hall–Kier alpha value is -3.44. The van der Waals surface area contributed by atoms with Crippen molar-refractivity contribution in [3.63, 3.8) is 0 Å². The summed E-state index contributed by atoms with van der Waals surface area (Å²) in [6, 6.07) is 24.9. The van der Waals surface area contributed by atoms with Crippen LogP contribution in [0.2, 0.25) is 0 Å². The lowest BCUT2D eigenvalue weighted by molar-refractivity contribution is 0.0628. The van der Waals surface area contributed by atoms with Crippen LogP contribution in [0.25, 0.3) is 16.5 Å². The van der Waals surface area contributed by atoms with Crippen molar-refractivity contribution in [3.05, 3.63) is 96.6 Å². The minimum absolute atomic E-state index is 0.0304. The van der Waals surface area contributed by atoms with Crippen LogP contribution in [0.4, 0.5) is 0 Å². The zero-order valence-electron chi connectivity index (χ0n) is 16.7. The minimum atomic E-state index is 0.0304. The molecule has 30 heavy (non-hydrogen) atoms. The maximum Gasteiger partial charge on any atom is 0.272 e. The van der Waals surface area contributed by atoms with Crippen LogP contribution in [0.3, 0.4) is 0 Å². The normalized spacial score (nSPS) is 16.7. The van der Waals surface area contributed by atoms with Crippen molar-refractivity contribution >= 4 is 16.7 Å². The Labute approximate surface area is 176 Å². The molecule has 2 heterocycles. The molecule has 0 bridgehead atoms. The van der Waals surface area contributed by atoms with Crippen molar-refractivity contribution in [1.82, 2.24) is 19.8 Å². The van der Waals surface area contributed by atoms with Gasteiger partial charge in [-0.3, -0.25) is 9.36 Å². The molecule has 1 aliphatic heterocycles. The Morgan fingerprint density at radius 1 is 1.00 bits per heavy atom. The Bertz CT molecular complexity index is 1160. The van der Waals surface area contributed by atoms with Gasteiger partial charge in [-0.05, 0) is 23.4 Å². The molecule has 5 nitrogen and oxygen atoms in total. The maximum absolute atomic E-state index is 13.6. The first-order chi connectivity index (χ1) is 14.8. The first-order valence-electron chi connectivity index (χ1n) is 10.4. The first-order valence-corrected chi connectivity index (χ1v) is 10.4. The third-order valence-electron chi connectivity index (χ3n) is 5.81. The fourth-order valence-corrected chi connectivity index (χ4v) is 4.31. The van der Waals surface area contributed by atoms with E-state index in [1.807, 2.05) is 51.9 Å². The Balaban J connectivity index is 1.49. The average molecular weight is 396 g/mol. The average Bonchev–Trinajstić information content (AvgIpc) is 3.29. The van der Waals surface area contributed by atoms with E-state index >= 15 is 0 Å². The molecular weight excluding hydrogens is 372 g/mol. The summed E-state index contributed by atoms with van der Waals surface area (Å²) < 4.78 is 1.92. The summed E-state index contributed by atoms with van der Waals surface area (Å²) in [5.74, 6) is 0.0304. The lowest BCUT2D eigenvalue weighted by Crippen LogP contribution is -2.54. The van der Waals surface area contributed by atoms with Crippen LogP contribution >= 0.6 is 0 Å². The molecule has 0 saturated carbocycles. The van der Waals surface area contributed by atoms with Gasteiger partial charge in [0.1, 0.15) is 5.69 Å². The second-order valence-corrected chi connectivity index (χ2v) is 7.69. The van der Waals surface area contributed by atoms with Crippen molar-refractivity contribution in [2.24, 2.45) is 0 Å². The van der Waals surface area contributed by atoms with Crippen LogP contribution in [-0.4, -0.2) is 46.0 Å². The van der Waals surface area contributed by atoms with E-state index in [0.717, 1.165) is 36.0 Å². The fraction of sp³-hybridized carbons (Fsp3) is 0.200. The number of carbonyl (C=O) groups excluding carboxylic acids is 1. The highest BCUT2D eigenvalue weighted by Crippen LogP contribution is 2.24. The van der Waals surface area contributed by atoms with Crippen LogP contribution in [0.5, 0.6) is 0 Å². The number of amides is 1. The largest absolute Gasteiger partial charge is 0.331 e. The molecule has 5 rings (SSSR count). The van der Waals surface area contributed by atoms with Crippen molar-refractivity contribution in [2.75, 3.05) is 19.6 Å². The van der Waals surface area contributed by atoms with Crippen LogP contribution in [0.15, 0.2) is 85.3 Å². The van der Waals surface area contributed by atoms with Gasteiger partial charge in [0.25, 0.3) is 5.91 Å². The highest BCUT2D eigenvalue weighted by atomic mass is 16.2. The maximum atomic E-state index is 13.6. The molecule has 0 spiro atoms. The number of nitrogens with one attached hydrogen (secondary N) is 1. The third-order valence-corrected chi connectivity index (χ3v) is 5.81. The molecule has 5 heteroatoms. The second-order valence-electron chi connectivity index (χ2n) is 7.69. The zero-order chi connectivity index (χ0) is 20.3. The molecule has 3 aromatic carbocycles. The molecule has 1 N–H and O–H groups in total. The van der Waals surface area contributed by atoms with Crippen LogP contribution in [0.1, 0.15) is 16.1 Å². The lowest BCUT2D eigenvalue weighted by atomic mass is 10.0. The van der Waals surface area contributed by atoms with E-state index in [-0.39, 0.29) is 11.9 Å². The number of hydrogen-bond acceptors (Lipinski definition) is 3. The number of nitrogens with zero attached hydrogens (tertiary/aromatic N) is 3. The van der Waals surface area contributed by atoms with Crippen LogP contribution in [0, 0.1) is 0 Å². The number of rotatable bonds is 4. The van der Waals surface area contributed by atoms with E-state index in [1.165, 1.54) is 5.56 Å². The summed E-state index contributed by atoms with van der Waals surface area (Å²) in [6.07, 6.45) is 4.26. The van der Waals surface area contributed by atoms with E-state index in [1.54, 1.807) is 12.5 Å². The number of hydrogen-bond donors (Lipinski definition) is 1. The molecule has 0 unspecified atom stereocenters. The summed E-state index contributed by atoms with van der Waals surface area (Å²) in [4.78, 5) is 20.0. The summed E-state index contributed by atoms with van der Waals surface area (Å²) >= 11 is 0. The Morgan fingerprint density at radius 3 is 2.70 bits per heavy atom. The first kappa shape index (κ1) is 18.6. The van der Waals surface area contributed by atoms with Gasteiger partial charge in [-0.15, -0.1) is 0 Å². The van der Waals surface area contributed by atoms with Gasteiger partial charge in [0.05, 0.1) is 18.2 Å². The molecule has 1 aromatic heterocycles. The number of carbonyl (C=O) groups is 1. The molecule has 1 aliphatic rings. The Morgan fingerprint density at radius 2 is 1.80 bits per heavy atom. The van der Waals surface area contributed by atoms with Gasteiger partial charge < -0.3 is 10.2 Å². The predicted octanol–water partition coefficient (Wildman–Crippen LogP) is 3.68. The van der Waals surface area contributed by atoms with Gasteiger partial charge >= 0.3 is 0 Å². The molecule has 0 radical (unpaired) electrons. The quantitative estimate of drug-likeness (QED) is 0.573. The molecule has 1 atom stereocenters. The predicted molar refractivity (Wildman–Crippen MR) is 119 cm³/mol. The van der Waals surface area contributed by atoms with Gasteiger partial charge in [0.2, 0.25) is 0 Å². The SMILES string of the molecule is O=C(c1cncn1-c1cccc2ccccc12)N1CCNC[C@H]1Cc1ccccc1. The molecule has 0 aliphatic carbocycles. The summed E-state index contributed by atoms with van der Waals surface area (Å²) in [5.41, 5.74) is 2.82. The molecular formula is C25H24N4O. The van der Waals surface area contributed by atoms with E-state index in [2.05, 4.69) is 40.6 Å². The van der Waals surface area contributed by atoms with Gasteiger partial charge in [0.15, 0.2) is 0 Å². The van der Waals surface area contributed by atoms with Crippen LogP contribution in [-0.2, 0) is 6.42 Å².